The van der Waals surface area contributed by atoms with Crippen LogP contribution in [0.2, 0.25) is 0 Å². The standard InChI is InChI=1S/C11H24N4O2/c1-13(2)10(16)8-14(3)9-11(17)15(4)7-5-6-12/h5-9,12H2,1-4H3. The van der Waals surface area contributed by atoms with Crippen LogP contribution in [0, 0.1) is 0 Å². The Morgan fingerprint density at radius 2 is 1.53 bits per heavy atom. The number of amides is 2. The smallest absolute Gasteiger partial charge is 0.236 e. The van der Waals surface area contributed by atoms with E-state index in [0.717, 1.165) is 6.42 Å². The molecule has 0 heterocycles. The molecule has 0 saturated heterocycles. The fourth-order valence-corrected chi connectivity index (χ4v) is 1.23. The van der Waals surface area contributed by atoms with Crippen molar-refractivity contribution in [3.8, 4) is 0 Å². The predicted molar refractivity (Wildman–Crippen MR) is 67.5 cm³/mol. The molecular formula is C11H24N4O2. The van der Waals surface area contributed by atoms with E-state index in [1.165, 1.54) is 4.90 Å². The fraction of sp³-hybridized carbons (Fsp3) is 0.818. The molecule has 0 unspecified atom stereocenters. The predicted octanol–water partition coefficient (Wildman–Crippen LogP) is -1.19. The summed E-state index contributed by atoms with van der Waals surface area (Å²) in [4.78, 5) is 28.0. The number of rotatable bonds is 7. The molecule has 6 heteroatoms. The molecule has 0 spiro atoms. The van der Waals surface area contributed by atoms with E-state index in [0.29, 0.717) is 13.1 Å². The van der Waals surface area contributed by atoms with Crippen LogP contribution in [0.15, 0.2) is 0 Å². The summed E-state index contributed by atoms with van der Waals surface area (Å²) in [6.45, 7) is 1.74. The summed E-state index contributed by atoms with van der Waals surface area (Å²) in [5.41, 5.74) is 5.38. The van der Waals surface area contributed by atoms with E-state index < -0.39 is 0 Å². The van der Waals surface area contributed by atoms with Gasteiger partial charge in [-0.25, -0.2) is 0 Å². The van der Waals surface area contributed by atoms with Crippen molar-refractivity contribution < 1.29 is 9.59 Å². The van der Waals surface area contributed by atoms with Gasteiger partial charge in [0.2, 0.25) is 11.8 Å². The van der Waals surface area contributed by atoms with Gasteiger partial charge in [-0.05, 0) is 20.0 Å². The van der Waals surface area contributed by atoms with Crippen LogP contribution >= 0.6 is 0 Å². The molecule has 0 fully saturated rings. The third kappa shape index (κ3) is 6.91. The summed E-state index contributed by atoms with van der Waals surface area (Å²) in [5, 5.41) is 0. The summed E-state index contributed by atoms with van der Waals surface area (Å²) < 4.78 is 0. The molecule has 17 heavy (non-hydrogen) atoms. The van der Waals surface area contributed by atoms with Crippen LogP contribution in [0.5, 0.6) is 0 Å². The van der Waals surface area contributed by atoms with Gasteiger partial charge in [-0.2, -0.15) is 0 Å². The van der Waals surface area contributed by atoms with Crippen molar-refractivity contribution in [2.75, 3.05) is 54.4 Å². The second-order valence-electron chi connectivity index (χ2n) is 4.42. The molecule has 0 bridgehead atoms. The van der Waals surface area contributed by atoms with Crippen molar-refractivity contribution in [3.63, 3.8) is 0 Å². The summed E-state index contributed by atoms with van der Waals surface area (Å²) >= 11 is 0. The van der Waals surface area contributed by atoms with E-state index >= 15 is 0 Å². The molecule has 0 saturated carbocycles. The first-order valence-electron chi connectivity index (χ1n) is 5.71. The molecule has 0 aliphatic heterocycles. The molecule has 0 aromatic heterocycles. The summed E-state index contributed by atoms with van der Waals surface area (Å²) in [6.07, 6.45) is 0.794. The third-order valence-corrected chi connectivity index (χ3v) is 2.43. The fourth-order valence-electron chi connectivity index (χ4n) is 1.23. The highest BCUT2D eigenvalue weighted by Gasteiger charge is 2.14. The lowest BCUT2D eigenvalue weighted by Crippen LogP contribution is -2.41. The maximum Gasteiger partial charge on any atom is 0.236 e. The minimum atomic E-state index is -0.00934. The topological polar surface area (TPSA) is 69.9 Å². The van der Waals surface area contributed by atoms with E-state index in [1.54, 1.807) is 38.0 Å². The average molecular weight is 244 g/mol. The molecule has 0 radical (unpaired) electrons. The maximum atomic E-state index is 11.7. The molecule has 0 atom stereocenters. The van der Waals surface area contributed by atoms with Crippen LogP contribution in [0.3, 0.4) is 0 Å². The Balaban J connectivity index is 3.98. The Morgan fingerprint density at radius 3 is 2.00 bits per heavy atom. The van der Waals surface area contributed by atoms with E-state index in [1.807, 2.05) is 0 Å². The summed E-state index contributed by atoms with van der Waals surface area (Å²) in [6, 6.07) is 0. The number of carbonyl (C=O) groups is 2. The van der Waals surface area contributed by atoms with E-state index in [4.69, 9.17) is 5.73 Å². The van der Waals surface area contributed by atoms with Crippen molar-refractivity contribution in [1.29, 1.82) is 0 Å². The van der Waals surface area contributed by atoms with Gasteiger partial charge < -0.3 is 15.5 Å². The van der Waals surface area contributed by atoms with Gasteiger partial charge in [0.1, 0.15) is 0 Å². The highest BCUT2D eigenvalue weighted by Crippen LogP contribution is 1.92. The number of likely N-dealkylation sites (N-methyl/N-ethyl adjacent to an activating group) is 3. The summed E-state index contributed by atoms with van der Waals surface area (Å²) in [7, 11) is 6.91. The summed E-state index contributed by atoms with van der Waals surface area (Å²) in [5.74, 6) is -0.00239. The molecule has 6 nitrogen and oxygen atoms in total. The highest BCUT2D eigenvalue weighted by molar-refractivity contribution is 5.80. The Kier molecular flexibility index (Phi) is 7.49. The zero-order valence-electron chi connectivity index (χ0n) is 11.3. The normalized spacial score (nSPS) is 10.5. The second kappa shape index (κ2) is 8.03. The lowest BCUT2D eigenvalue weighted by atomic mass is 10.3. The molecule has 0 aromatic rings. The molecular weight excluding hydrogens is 220 g/mol. The minimum absolute atomic E-state index is 0.00695. The zero-order chi connectivity index (χ0) is 13.4. The first-order chi connectivity index (χ1) is 7.88. The lowest BCUT2D eigenvalue weighted by Gasteiger charge is -2.22. The molecule has 2 amide bonds. The van der Waals surface area contributed by atoms with Gasteiger partial charge in [0, 0.05) is 27.7 Å². The van der Waals surface area contributed by atoms with Gasteiger partial charge in [0.15, 0.2) is 0 Å². The maximum absolute atomic E-state index is 11.7. The van der Waals surface area contributed by atoms with Gasteiger partial charge in [0.25, 0.3) is 0 Å². The van der Waals surface area contributed by atoms with E-state index in [2.05, 4.69) is 0 Å². The highest BCUT2D eigenvalue weighted by atomic mass is 16.2. The molecule has 100 valence electrons. The molecule has 2 N–H and O–H groups in total. The molecule has 0 aliphatic carbocycles. The van der Waals surface area contributed by atoms with Gasteiger partial charge in [-0.15, -0.1) is 0 Å². The van der Waals surface area contributed by atoms with Gasteiger partial charge in [-0.1, -0.05) is 0 Å². The molecule has 0 rings (SSSR count). The van der Waals surface area contributed by atoms with Crippen LogP contribution in [0.4, 0.5) is 0 Å². The minimum Gasteiger partial charge on any atom is -0.348 e. The van der Waals surface area contributed by atoms with Crippen molar-refractivity contribution in [1.82, 2.24) is 14.7 Å². The monoisotopic (exact) mass is 244 g/mol. The number of nitrogens with two attached hydrogens (primary N) is 1. The Hall–Kier alpha value is -1.14. The van der Waals surface area contributed by atoms with Crippen molar-refractivity contribution in [3.05, 3.63) is 0 Å². The van der Waals surface area contributed by atoms with Crippen LogP contribution in [0.25, 0.3) is 0 Å². The van der Waals surface area contributed by atoms with Crippen molar-refractivity contribution in [2.45, 2.75) is 6.42 Å². The van der Waals surface area contributed by atoms with Crippen molar-refractivity contribution >= 4 is 11.8 Å². The van der Waals surface area contributed by atoms with Gasteiger partial charge >= 0.3 is 0 Å². The number of nitrogens with zero attached hydrogens (tertiary/aromatic N) is 3. The van der Waals surface area contributed by atoms with Crippen LogP contribution in [-0.2, 0) is 9.59 Å². The first-order valence-corrected chi connectivity index (χ1v) is 5.71. The zero-order valence-corrected chi connectivity index (χ0v) is 11.3. The largest absolute Gasteiger partial charge is 0.348 e. The molecule has 0 aliphatic rings. The Labute approximate surface area is 103 Å². The quantitative estimate of drug-likeness (QED) is 0.611. The van der Waals surface area contributed by atoms with Gasteiger partial charge in [-0.3, -0.25) is 14.5 Å². The SMILES string of the molecule is CN(CC(=O)N(C)C)CC(=O)N(C)CCCN. The van der Waals surface area contributed by atoms with Crippen LogP contribution in [-0.4, -0.2) is 80.9 Å². The number of hydrogen-bond donors (Lipinski definition) is 1. The third-order valence-electron chi connectivity index (χ3n) is 2.43. The lowest BCUT2D eigenvalue weighted by molar-refractivity contribution is -0.133. The van der Waals surface area contributed by atoms with E-state index in [9.17, 15) is 9.59 Å². The second-order valence-corrected chi connectivity index (χ2v) is 4.42. The number of hydrogen-bond acceptors (Lipinski definition) is 4. The van der Waals surface area contributed by atoms with Crippen LogP contribution in [0.1, 0.15) is 6.42 Å². The van der Waals surface area contributed by atoms with Crippen LogP contribution < -0.4 is 5.73 Å². The Bertz CT molecular complexity index is 256. The van der Waals surface area contributed by atoms with E-state index in [-0.39, 0.29) is 24.9 Å². The van der Waals surface area contributed by atoms with Crippen molar-refractivity contribution in [2.24, 2.45) is 5.73 Å². The Morgan fingerprint density at radius 1 is 1.00 bits per heavy atom. The first kappa shape index (κ1) is 15.9. The number of carbonyl (C=O) groups excluding carboxylic acids is 2. The van der Waals surface area contributed by atoms with Gasteiger partial charge in [0.05, 0.1) is 13.1 Å². The average Bonchev–Trinajstić information content (AvgIpc) is 2.25. The molecule has 0 aromatic carbocycles.